The van der Waals surface area contributed by atoms with E-state index in [2.05, 4.69) is 15.6 Å². The monoisotopic (exact) mass is 445 g/mol. The van der Waals surface area contributed by atoms with Crippen LogP contribution in [-0.4, -0.2) is 52.6 Å². The number of nitrogens with two attached hydrogens (primary N) is 1. The summed E-state index contributed by atoms with van der Waals surface area (Å²) in [6.45, 7) is 0.206. The van der Waals surface area contributed by atoms with Crippen LogP contribution in [0.2, 0.25) is 0 Å². The lowest BCUT2D eigenvalue weighted by atomic mass is 10.0. The van der Waals surface area contributed by atoms with Crippen LogP contribution in [0, 0.1) is 0 Å². The van der Waals surface area contributed by atoms with Crippen molar-refractivity contribution in [2.24, 2.45) is 5.73 Å². The zero-order chi connectivity index (χ0) is 23.4. The number of nitrogens with zero attached hydrogens (tertiary/aromatic N) is 2. The molecule has 0 radical (unpaired) electrons. The third-order valence-electron chi connectivity index (χ3n) is 5.52. The Morgan fingerprint density at radius 2 is 1.82 bits per heavy atom. The molecule has 0 saturated carbocycles. The van der Waals surface area contributed by atoms with Gasteiger partial charge in [-0.3, -0.25) is 24.2 Å². The molecule has 0 unspecified atom stereocenters. The number of amides is 4. The van der Waals surface area contributed by atoms with E-state index in [1.165, 1.54) is 11.1 Å². The summed E-state index contributed by atoms with van der Waals surface area (Å²) in [4.78, 5) is 54.3. The zero-order valence-corrected chi connectivity index (χ0v) is 17.8. The lowest BCUT2D eigenvalue weighted by Crippen LogP contribution is -2.47. The van der Waals surface area contributed by atoms with Gasteiger partial charge in [0, 0.05) is 30.2 Å². The van der Waals surface area contributed by atoms with E-state index in [1.54, 1.807) is 42.6 Å². The van der Waals surface area contributed by atoms with Gasteiger partial charge in [0.2, 0.25) is 11.8 Å². The second-order valence-electron chi connectivity index (χ2n) is 7.81. The first-order chi connectivity index (χ1) is 15.9. The molecule has 1 atom stereocenters. The number of carbonyl (C=O) groups is 4. The average Bonchev–Trinajstić information content (AvgIpc) is 3.32. The maximum atomic E-state index is 13.1. The number of hydrogen-bond acceptors (Lipinski definition) is 5. The Labute approximate surface area is 190 Å². The number of carbonyl (C=O) groups excluding carboxylic acids is 4. The summed E-state index contributed by atoms with van der Waals surface area (Å²) < 4.78 is 0. The smallest absolute Gasteiger partial charge is 0.257 e. The molecule has 1 saturated heterocycles. The number of aromatic nitrogens is 1. The molecule has 1 aromatic heterocycles. The minimum atomic E-state index is -0.634. The second kappa shape index (κ2) is 9.47. The molecule has 33 heavy (non-hydrogen) atoms. The summed E-state index contributed by atoms with van der Waals surface area (Å²) in [6.07, 6.45) is 4.33. The van der Waals surface area contributed by atoms with Gasteiger partial charge in [-0.2, -0.15) is 0 Å². The summed E-state index contributed by atoms with van der Waals surface area (Å²) in [5.41, 5.74) is 6.63. The Hall–Kier alpha value is -4.27. The van der Waals surface area contributed by atoms with Crippen molar-refractivity contribution in [1.29, 1.82) is 0 Å². The van der Waals surface area contributed by atoms with Crippen LogP contribution in [0.4, 0.5) is 5.69 Å². The zero-order valence-electron chi connectivity index (χ0n) is 17.8. The number of benzene rings is 2. The van der Waals surface area contributed by atoms with Crippen molar-refractivity contribution >= 4 is 40.1 Å². The Morgan fingerprint density at radius 3 is 2.58 bits per heavy atom. The van der Waals surface area contributed by atoms with Gasteiger partial charge in [-0.1, -0.05) is 12.1 Å². The molecule has 0 aliphatic carbocycles. The molecule has 3 aromatic rings. The Morgan fingerprint density at radius 1 is 1.03 bits per heavy atom. The standard InChI is InChI=1S/C24H23N5O4/c25-21(30)14-27-23(32)20-4-2-10-29(20)24(33)17-6-5-16-12-19(8-7-15(16)11-17)28-22(31)18-3-1-9-26-13-18/h1,3,5-9,11-13,20H,2,4,10,14H2,(H2,25,30)(H,27,32)(H,28,31)/t20-/m0/s1. The van der Waals surface area contributed by atoms with Crippen molar-refractivity contribution in [2.45, 2.75) is 18.9 Å². The normalized spacial score (nSPS) is 15.3. The van der Waals surface area contributed by atoms with E-state index >= 15 is 0 Å². The third-order valence-corrected chi connectivity index (χ3v) is 5.52. The van der Waals surface area contributed by atoms with Crippen molar-refractivity contribution in [1.82, 2.24) is 15.2 Å². The average molecular weight is 445 g/mol. The van der Waals surface area contributed by atoms with Crippen molar-refractivity contribution in [3.05, 3.63) is 72.1 Å². The second-order valence-corrected chi connectivity index (χ2v) is 7.81. The highest BCUT2D eigenvalue weighted by atomic mass is 16.2. The molecule has 0 bridgehead atoms. The highest BCUT2D eigenvalue weighted by molar-refractivity contribution is 6.06. The van der Waals surface area contributed by atoms with Gasteiger partial charge in [0.15, 0.2) is 0 Å². The molecule has 4 N–H and O–H groups in total. The van der Waals surface area contributed by atoms with Crippen LogP contribution in [0.15, 0.2) is 60.9 Å². The van der Waals surface area contributed by atoms with E-state index in [-0.39, 0.29) is 24.3 Å². The Balaban J connectivity index is 1.49. The van der Waals surface area contributed by atoms with Crippen LogP contribution in [0.25, 0.3) is 10.8 Å². The lowest BCUT2D eigenvalue weighted by Gasteiger charge is -2.24. The van der Waals surface area contributed by atoms with Crippen molar-refractivity contribution in [3.8, 4) is 0 Å². The minimum absolute atomic E-state index is 0.248. The highest BCUT2D eigenvalue weighted by Gasteiger charge is 2.34. The third kappa shape index (κ3) is 4.98. The SMILES string of the molecule is NC(=O)CNC(=O)[C@@H]1CCCN1C(=O)c1ccc2cc(NC(=O)c3cccnc3)ccc2c1. The first-order valence-electron chi connectivity index (χ1n) is 10.5. The van der Waals surface area contributed by atoms with E-state index in [9.17, 15) is 19.2 Å². The van der Waals surface area contributed by atoms with E-state index in [4.69, 9.17) is 5.73 Å². The van der Waals surface area contributed by atoms with E-state index < -0.39 is 11.9 Å². The molecule has 2 heterocycles. The van der Waals surface area contributed by atoms with Crippen LogP contribution in [-0.2, 0) is 9.59 Å². The molecule has 1 aliphatic rings. The number of anilines is 1. The van der Waals surface area contributed by atoms with Crippen molar-refractivity contribution in [3.63, 3.8) is 0 Å². The number of hydrogen-bond donors (Lipinski definition) is 3. The fourth-order valence-corrected chi connectivity index (χ4v) is 3.90. The van der Waals surface area contributed by atoms with Crippen LogP contribution in [0.5, 0.6) is 0 Å². The van der Waals surface area contributed by atoms with Gasteiger partial charge in [0.25, 0.3) is 11.8 Å². The van der Waals surface area contributed by atoms with Crippen LogP contribution >= 0.6 is 0 Å². The van der Waals surface area contributed by atoms with Crippen LogP contribution in [0.1, 0.15) is 33.6 Å². The number of fused-ring (bicyclic) bond motifs is 1. The Bertz CT molecular complexity index is 1230. The number of likely N-dealkylation sites (tertiary alicyclic amines) is 1. The topological polar surface area (TPSA) is 134 Å². The minimum Gasteiger partial charge on any atom is -0.368 e. The van der Waals surface area contributed by atoms with Gasteiger partial charge in [0.05, 0.1) is 12.1 Å². The quantitative estimate of drug-likeness (QED) is 0.531. The van der Waals surface area contributed by atoms with Crippen LogP contribution in [0.3, 0.4) is 0 Å². The maximum Gasteiger partial charge on any atom is 0.257 e. The maximum absolute atomic E-state index is 13.1. The van der Waals surface area contributed by atoms with E-state index in [0.717, 1.165) is 10.8 Å². The lowest BCUT2D eigenvalue weighted by molar-refractivity contribution is -0.127. The molecule has 1 aliphatic heterocycles. The largest absolute Gasteiger partial charge is 0.368 e. The molecule has 168 valence electrons. The predicted molar refractivity (Wildman–Crippen MR) is 122 cm³/mol. The molecule has 9 heteroatoms. The fourth-order valence-electron chi connectivity index (χ4n) is 3.90. The summed E-state index contributed by atoms with van der Waals surface area (Å²) >= 11 is 0. The first kappa shape index (κ1) is 21.9. The molecule has 4 rings (SSSR count). The van der Waals surface area contributed by atoms with Crippen molar-refractivity contribution < 1.29 is 19.2 Å². The molecule has 9 nitrogen and oxygen atoms in total. The number of pyridine rings is 1. The van der Waals surface area contributed by atoms with Gasteiger partial charge in [-0.25, -0.2) is 0 Å². The van der Waals surface area contributed by atoms with Gasteiger partial charge in [-0.15, -0.1) is 0 Å². The summed E-state index contributed by atoms with van der Waals surface area (Å²) in [5, 5.41) is 7.00. The van der Waals surface area contributed by atoms with Gasteiger partial charge >= 0.3 is 0 Å². The highest BCUT2D eigenvalue weighted by Crippen LogP contribution is 2.25. The van der Waals surface area contributed by atoms with Gasteiger partial charge in [-0.05, 0) is 60.0 Å². The number of nitrogens with one attached hydrogen (secondary N) is 2. The van der Waals surface area contributed by atoms with Gasteiger partial charge in [0.1, 0.15) is 6.04 Å². The number of rotatable bonds is 6. The summed E-state index contributed by atoms with van der Waals surface area (Å²) in [7, 11) is 0. The molecular formula is C24H23N5O4. The predicted octanol–water partition coefficient (Wildman–Crippen LogP) is 1.69. The summed E-state index contributed by atoms with van der Waals surface area (Å²) in [5.74, 6) is -1.52. The number of primary amides is 1. The van der Waals surface area contributed by atoms with Crippen molar-refractivity contribution in [2.75, 3.05) is 18.4 Å². The summed E-state index contributed by atoms with van der Waals surface area (Å²) in [6, 6.07) is 13.4. The molecule has 2 aromatic carbocycles. The van der Waals surface area contributed by atoms with E-state index in [0.29, 0.717) is 36.2 Å². The van der Waals surface area contributed by atoms with Crippen LogP contribution < -0.4 is 16.4 Å². The molecular weight excluding hydrogens is 422 g/mol. The van der Waals surface area contributed by atoms with Gasteiger partial charge < -0.3 is 21.3 Å². The fraction of sp³-hybridized carbons (Fsp3) is 0.208. The van der Waals surface area contributed by atoms with E-state index in [1.807, 2.05) is 12.1 Å². The molecule has 0 spiro atoms. The molecule has 4 amide bonds. The first-order valence-corrected chi connectivity index (χ1v) is 10.5. The molecule has 1 fully saturated rings. The Kier molecular flexibility index (Phi) is 6.30.